The molecule has 0 amide bonds. The summed E-state index contributed by atoms with van der Waals surface area (Å²) in [5, 5.41) is 6.77. The molecule has 1 aromatic carbocycles. The number of anilines is 2. The number of aryl methyl sites for hydroxylation is 1. The highest BCUT2D eigenvalue weighted by atomic mass is 32.1. The predicted molar refractivity (Wildman–Crippen MR) is 113 cm³/mol. The minimum absolute atomic E-state index is 0.448. The van der Waals surface area contributed by atoms with E-state index >= 15 is 0 Å². The van der Waals surface area contributed by atoms with Crippen LogP contribution in [-0.2, 0) is 6.54 Å². The van der Waals surface area contributed by atoms with Crippen molar-refractivity contribution >= 4 is 29.1 Å². The highest BCUT2D eigenvalue weighted by Gasteiger charge is 2.21. The van der Waals surface area contributed by atoms with Crippen LogP contribution in [0.3, 0.4) is 0 Å². The third-order valence-corrected chi connectivity index (χ3v) is 5.04. The van der Waals surface area contributed by atoms with Gasteiger partial charge in [-0.1, -0.05) is 29.8 Å². The van der Waals surface area contributed by atoms with Crippen molar-refractivity contribution in [3.63, 3.8) is 0 Å². The lowest BCUT2D eigenvalue weighted by Gasteiger charge is -2.34. The first-order valence-corrected chi connectivity index (χ1v) is 9.76. The zero-order valence-corrected chi connectivity index (χ0v) is 17.0. The topological polar surface area (TPSA) is 62.3 Å². The number of hydrogen-bond acceptors (Lipinski definition) is 5. The van der Waals surface area contributed by atoms with E-state index in [4.69, 9.17) is 17.0 Å². The molecule has 1 aliphatic heterocycles. The molecule has 144 valence electrons. The normalized spacial score (nSPS) is 16.7. The van der Waals surface area contributed by atoms with Gasteiger partial charge in [-0.05, 0) is 50.9 Å². The Bertz CT molecular complexity index is 780. The van der Waals surface area contributed by atoms with E-state index in [2.05, 4.69) is 63.6 Å². The zero-order valence-electron chi connectivity index (χ0n) is 16.2. The monoisotopic (exact) mass is 385 g/mol. The number of benzene rings is 1. The van der Waals surface area contributed by atoms with Gasteiger partial charge in [-0.15, -0.1) is 0 Å². The Morgan fingerprint density at radius 2 is 2.04 bits per heavy atom. The Morgan fingerprint density at radius 1 is 1.26 bits per heavy atom. The lowest BCUT2D eigenvalue weighted by atomic mass is 10.0. The average Bonchev–Trinajstić information content (AvgIpc) is 2.67. The van der Waals surface area contributed by atoms with E-state index < -0.39 is 0 Å². The van der Waals surface area contributed by atoms with Crippen molar-refractivity contribution < 1.29 is 4.74 Å². The summed E-state index contributed by atoms with van der Waals surface area (Å²) < 4.78 is 5.36. The third-order valence-electron chi connectivity index (χ3n) is 4.79. The SMILES string of the molecule is COc1cc(N2CCCC[C@@H]2C)nc(NC(=S)NCc2ccc(C)cc2)n1. The van der Waals surface area contributed by atoms with Crippen LogP contribution >= 0.6 is 12.2 Å². The Balaban J connectivity index is 1.67. The van der Waals surface area contributed by atoms with Gasteiger partial charge in [0.15, 0.2) is 5.11 Å². The van der Waals surface area contributed by atoms with Crippen molar-refractivity contribution in [3.8, 4) is 5.88 Å². The number of hydrogen-bond donors (Lipinski definition) is 2. The molecule has 2 aromatic rings. The maximum atomic E-state index is 5.41. The number of rotatable bonds is 5. The van der Waals surface area contributed by atoms with Gasteiger partial charge >= 0.3 is 0 Å². The van der Waals surface area contributed by atoms with Gasteiger partial charge in [0.05, 0.1) is 7.11 Å². The average molecular weight is 386 g/mol. The van der Waals surface area contributed by atoms with Gasteiger partial charge in [0.25, 0.3) is 0 Å². The first-order valence-electron chi connectivity index (χ1n) is 9.35. The third kappa shape index (κ3) is 5.29. The van der Waals surface area contributed by atoms with Gasteiger partial charge in [0.1, 0.15) is 5.82 Å². The Labute approximate surface area is 166 Å². The van der Waals surface area contributed by atoms with Gasteiger partial charge in [-0.3, -0.25) is 0 Å². The summed E-state index contributed by atoms with van der Waals surface area (Å²) >= 11 is 5.41. The van der Waals surface area contributed by atoms with Gasteiger partial charge < -0.3 is 20.3 Å². The van der Waals surface area contributed by atoms with E-state index in [0.29, 0.717) is 29.5 Å². The molecule has 7 heteroatoms. The summed E-state index contributed by atoms with van der Waals surface area (Å²) in [5.74, 6) is 1.85. The van der Waals surface area contributed by atoms with E-state index in [1.165, 1.54) is 30.4 Å². The highest BCUT2D eigenvalue weighted by molar-refractivity contribution is 7.80. The van der Waals surface area contributed by atoms with Gasteiger partial charge in [0, 0.05) is 25.2 Å². The standard InChI is InChI=1S/C20H27N5OS/c1-14-7-9-16(10-8-14)13-21-20(27)24-19-22-17(12-18(23-19)26-3)25-11-5-4-6-15(25)2/h7-10,12,15H,4-6,11,13H2,1-3H3,(H2,21,22,23,24,27)/t15-/m0/s1. The van der Waals surface area contributed by atoms with Crippen molar-refractivity contribution in [2.45, 2.75) is 45.7 Å². The smallest absolute Gasteiger partial charge is 0.234 e. The molecular weight excluding hydrogens is 358 g/mol. The highest BCUT2D eigenvalue weighted by Crippen LogP contribution is 2.26. The van der Waals surface area contributed by atoms with Crippen molar-refractivity contribution in [2.75, 3.05) is 23.9 Å². The molecule has 27 heavy (non-hydrogen) atoms. The fraction of sp³-hybridized carbons (Fsp3) is 0.450. The molecule has 0 aliphatic carbocycles. The van der Waals surface area contributed by atoms with Crippen LogP contribution < -0.4 is 20.3 Å². The fourth-order valence-electron chi connectivity index (χ4n) is 3.19. The fourth-order valence-corrected chi connectivity index (χ4v) is 3.36. The van der Waals surface area contributed by atoms with E-state index in [-0.39, 0.29) is 0 Å². The van der Waals surface area contributed by atoms with Crippen LogP contribution in [0.25, 0.3) is 0 Å². The predicted octanol–water partition coefficient (Wildman–Crippen LogP) is 3.66. The molecule has 2 heterocycles. The number of thiocarbonyl (C=S) groups is 1. The van der Waals surface area contributed by atoms with Crippen LogP contribution in [-0.4, -0.2) is 34.8 Å². The first-order chi connectivity index (χ1) is 13.0. The van der Waals surface area contributed by atoms with Crippen molar-refractivity contribution in [3.05, 3.63) is 41.5 Å². The lowest BCUT2D eigenvalue weighted by molar-refractivity contribution is 0.396. The van der Waals surface area contributed by atoms with Crippen LogP contribution in [0.1, 0.15) is 37.3 Å². The summed E-state index contributed by atoms with van der Waals surface area (Å²) in [6.07, 6.45) is 3.61. The molecule has 1 aromatic heterocycles. The van der Waals surface area contributed by atoms with Crippen LogP contribution in [0.15, 0.2) is 30.3 Å². The van der Waals surface area contributed by atoms with Crippen LogP contribution in [0.4, 0.5) is 11.8 Å². The minimum Gasteiger partial charge on any atom is -0.481 e. The van der Waals surface area contributed by atoms with Crippen molar-refractivity contribution in [1.29, 1.82) is 0 Å². The van der Waals surface area contributed by atoms with Crippen LogP contribution in [0, 0.1) is 6.92 Å². The van der Waals surface area contributed by atoms with Gasteiger partial charge in [-0.25, -0.2) is 0 Å². The number of methoxy groups -OCH3 is 1. The Hall–Kier alpha value is -2.41. The van der Waals surface area contributed by atoms with Crippen LogP contribution in [0.2, 0.25) is 0 Å². The summed E-state index contributed by atoms with van der Waals surface area (Å²) in [5.41, 5.74) is 2.41. The molecule has 0 bridgehead atoms. The molecule has 0 unspecified atom stereocenters. The lowest BCUT2D eigenvalue weighted by Crippen LogP contribution is -2.38. The zero-order chi connectivity index (χ0) is 19.2. The first kappa shape index (κ1) is 19.4. The second-order valence-electron chi connectivity index (χ2n) is 6.92. The molecule has 6 nitrogen and oxygen atoms in total. The number of aromatic nitrogens is 2. The summed E-state index contributed by atoms with van der Waals surface area (Å²) in [4.78, 5) is 11.3. The summed E-state index contributed by atoms with van der Waals surface area (Å²) in [7, 11) is 1.61. The number of ether oxygens (including phenoxy) is 1. The number of piperidine rings is 1. The quantitative estimate of drug-likeness (QED) is 0.762. The maximum absolute atomic E-state index is 5.41. The molecular formula is C20H27N5OS. The molecule has 1 fully saturated rings. The summed E-state index contributed by atoms with van der Waals surface area (Å²) in [6, 6.07) is 10.7. The van der Waals surface area contributed by atoms with E-state index in [9.17, 15) is 0 Å². The minimum atomic E-state index is 0.448. The summed E-state index contributed by atoms with van der Waals surface area (Å²) in [6.45, 7) is 5.95. The molecule has 3 rings (SSSR count). The van der Waals surface area contributed by atoms with E-state index in [0.717, 1.165) is 12.4 Å². The van der Waals surface area contributed by atoms with Gasteiger partial charge in [0.2, 0.25) is 11.8 Å². The molecule has 1 saturated heterocycles. The molecule has 0 saturated carbocycles. The van der Waals surface area contributed by atoms with Crippen molar-refractivity contribution in [2.24, 2.45) is 0 Å². The Morgan fingerprint density at radius 3 is 2.74 bits per heavy atom. The molecule has 2 N–H and O–H groups in total. The van der Waals surface area contributed by atoms with Gasteiger partial charge in [-0.2, -0.15) is 9.97 Å². The van der Waals surface area contributed by atoms with Crippen molar-refractivity contribution in [1.82, 2.24) is 15.3 Å². The maximum Gasteiger partial charge on any atom is 0.234 e. The van der Waals surface area contributed by atoms with Crippen LogP contribution in [0.5, 0.6) is 5.88 Å². The van der Waals surface area contributed by atoms with E-state index in [1.807, 2.05) is 6.07 Å². The molecule has 0 spiro atoms. The van der Waals surface area contributed by atoms with E-state index in [1.54, 1.807) is 7.11 Å². The Kier molecular flexibility index (Phi) is 6.45. The molecule has 1 atom stereocenters. The number of nitrogens with zero attached hydrogens (tertiary/aromatic N) is 3. The second kappa shape index (κ2) is 8.99. The largest absolute Gasteiger partial charge is 0.481 e. The molecule has 0 radical (unpaired) electrons. The second-order valence-corrected chi connectivity index (χ2v) is 7.33. The number of nitrogens with one attached hydrogen (secondary N) is 2. The molecule has 1 aliphatic rings.